The molecule has 1 aromatic heterocycles. The fourth-order valence-electron chi connectivity index (χ4n) is 3.45. The van der Waals surface area contributed by atoms with E-state index in [1.54, 1.807) is 0 Å². The number of thiazole rings is 1. The van der Waals surface area contributed by atoms with Crippen LogP contribution in [-0.2, 0) is 17.6 Å². The molecular weight excluding hydrogens is 364 g/mol. The summed E-state index contributed by atoms with van der Waals surface area (Å²) in [6.07, 6.45) is 2.32. The number of benzene rings is 2. The van der Waals surface area contributed by atoms with Gasteiger partial charge in [0.1, 0.15) is 5.01 Å². The summed E-state index contributed by atoms with van der Waals surface area (Å²) in [6, 6.07) is 16.0. The second kappa shape index (κ2) is 7.22. The van der Waals surface area contributed by atoms with Gasteiger partial charge in [0, 0.05) is 22.7 Å². The maximum atomic E-state index is 13.0. The second-order valence-corrected chi connectivity index (χ2v) is 7.85. The first-order valence-electron chi connectivity index (χ1n) is 8.73. The molecule has 0 saturated heterocycles. The molecule has 0 fully saturated rings. The van der Waals surface area contributed by atoms with Crippen LogP contribution in [0.5, 0.6) is 0 Å². The Balaban J connectivity index is 1.57. The van der Waals surface area contributed by atoms with Crippen LogP contribution < -0.4 is 4.90 Å². The maximum absolute atomic E-state index is 13.0. The Bertz CT molecular complexity index is 952. The third-order valence-corrected chi connectivity index (χ3v) is 6.03. The van der Waals surface area contributed by atoms with Gasteiger partial charge in [0.2, 0.25) is 5.91 Å². The summed E-state index contributed by atoms with van der Waals surface area (Å²) < 4.78 is 0. The lowest BCUT2D eigenvalue weighted by Crippen LogP contribution is -2.43. The van der Waals surface area contributed by atoms with E-state index in [0.717, 1.165) is 34.8 Å². The highest BCUT2D eigenvalue weighted by Crippen LogP contribution is 2.32. The summed E-state index contributed by atoms with van der Waals surface area (Å²) in [5.41, 5.74) is 3.99. The molecule has 0 radical (unpaired) electrons. The molecule has 1 aliphatic rings. The molecule has 2 heterocycles. The molecule has 0 saturated carbocycles. The van der Waals surface area contributed by atoms with Crippen molar-refractivity contribution in [3.8, 4) is 10.6 Å². The summed E-state index contributed by atoms with van der Waals surface area (Å²) in [5, 5.41) is 3.49. The molecule has 0 spiro atoms. The molecule has 1 atom stereocenters. The zero-order valence-electron chi connectivity index (χ0n) is 14.5. The normalized spacial score (nSPS) is 16.4. The third kappa shape index (κ3) is 3.27. The molecule has 0 N–H and O–H groups in total. The number of anilines is 1. The Labute approximate surface area is 162 Å². The largest absolute Gasteiger partial charge is 0.309 e. The molecule has 5 heteroatoms. The maximum Gasteiger partial charge on any atom is 0.233 e. The fraction of sp³-hybridized carbons (Fsp3) is 0.238. The molecule has 132 valence electrons. The summed E-state index contributed by atoms with van der Waals surface area (Å²) in [4.78, 5) is 19.6. The van der Waals surface area contributed by atoms with E-state index in [4.69, 9.17) is 11.6 Å². The number of para-hydroxylation sites is 1. The van der Waals surface area contributed by atoms with Gasteiger partial charge in [-0.15, -0.1) is 11.3 Å². The van der Waals surface area contributed by atoms with E-state index in [2.05, 4.69) is 18.0 Å². The summed E-state index contributed by atoms with van der Waals surface area (Å²) in [6.45, 7) is 2.12. The SMILES string of the molecule is C[C@@H]1CCc2ccccc2N1C(=O)Cc1csc(-c2ccccc2Cl)n1. The van der Waals surface area contributed by atoms with E-state index >= 15 is 0 Å². The standard InChI is InChI=1S/C21H19ClN2OS/c1-14-10-11-15-6-2-5-9-19(15)24(14)20(25)12-16-13-26-21(23-16)17-7-3-4-8-18(17)22/h2-9,13-14H,10-12H2,1H3/t14-/m1/s1. The Morgan fingerprint density at radius 3 is 2.85 bits per heavy atom. The third-order valence-electron chi connectivity index (χ3n) is 4.78. The van der Waals surface area contributed by atoms with Crippen molar-refractivity contribution in [1.29, 1.82) is 0 Å². The Kier molecular flexibility index (Phi) is 4.79. The highest BCUT2D eigenvalue weighted by atomic mass is 35.5. The van der Waals surface area contributed by atoms with Crippen LogP contribution in [-0.4, -0.2) is 16.9 Å². The van der Waals surface area contributed by atoms with Gasteiger partial charge in [-0.05, 0) is 37.5 Å². The van der Waals surface area contributed by atoms with E-state index < -0.39 is 0 Å². The minimum Gasteiger partial charge on any atom is -0.309 e. The number of carbonyl (C=O) groups is 1. The average Bonchev–Trinajstić information content (AvgIpc) is 3.10. The zero-order valence-corrected chi connectivity index (χ0v) is 16.1. The predicted octanol–water partition coefficient (Wildman–Crippen LogP) is 5.37. The van der Waals surface area contributed by atoms with Crippen LogP contribution in [0.15, 0.2) is 53.9 Å². The van der Waals surface area contributed by atoms with Gasteiger partial charge in [0.25, 0.3) is 0 Å². The van der Waals surface area contributed by atoms with Gasteiger partial charge >= 0.3 is 0 Å². The monoisotopic (exact) mass is 382 g/mol. The van der Waals surface area contributed by atoms with E-state index in [9.17, 15) is 4.79 Å². The number of halogens is 1. The lowest BCUT2D eigenvalue weighted by atomic mass is 9.96. The van der Waals surface area contributed by atoms with Crippen molar-refractivity contribution in [2.24, 2.45) is 0 Å². The highest BCUT2D eigenvalue weighted by Gasteiger charge is 2.28. The second-order valence-electron chi connectivity index (χ2n) is 6.58. The fourth-order valence-corrected chi connectivity index (χ4v) is 4.59. The van der Waals surface area contributed by atoms with Crippen molar-refractivity contribution in [3.63, 3.8) is 0 Å². The summed E-state index contributed by atoms with van der Waals surface area (Å²) >= 11 is 7.79. The van der Waals surface area contributed by atoms with Crippen molar-refractivity contribution >= 4 is 34.5 Å². The van der Waals surface area contributed by atoms with Crippen molar-refractivity contribution in [2.45, 2.75) is 32.2 Å². The molecular formula is C21H19ClN2OS. The average molecular weight is 383 g/mol. The van der Waals surface area contributed by atoms with E-state index in [0.29, 0.717) is 11.4 Å². The van der Waals surface area contributed by atoms with Crippen LogP contribution in [0, 0.1) is 0 Å². The van der Waals surface area contributed by atoms with Gasteiger partial charge in [0.15, 0.2) is 0 Å². The minimum atomic E-state index is 0.0978. The number of rotatable bonds is 3. The highest BCUT2D eigenvalue weighted by molar-refractivity contribution is 7.13. The molecule has 4 rings (SSSR count). The number of hydrogen-bond donors (Lipinski definition) is 0. The topological polar surface area (TPSA) is 33.2 Å². The van der Waals surface area contributed by atoms with Crippen LogP contribution in [0.4, 0.5) is 5.69 Å². The number of fused-ring (bicyclic) bond motifs is 1. The Morgan fingerprint density at radius 1 is 1.23 bits per heavy atom. The molecule has 1 aliphatic heterocycles. The number of hydrogen-bond acceptors (Lipinski definition) is 3. The quantitative estimate of drug-likeness (QED) is 0.609. The number of amides is 1. The van der Waals surface area contributed by atoms with Crippen molar-refractivity contribution < 1.29 is 4.79 Å². The van der Waals surface area contributed by atoms with Gasteiger partial charge in [-0.2, -0.15) is 0 Å². The number of carbonyl (C=O) groups excluding carboxylic acids is 1. The number of aromatic nitrogens is 1. The summed E-state index contributed by atoms with van der Waals surface area (Å²) in [7, 11) is 0. The Morgan fingerprint density at radius 2 is 2.00 bits per heavy atom. The molecule has 0 bridgehead atoms. The van der Waals surface area contributed by atoms with Crippen LogP contribution in [0.25, 0.3) is 10.6 Å². The van der Waals surface area contributed by atoms with Crippen molar-refractivity contribution in [2.75, 3.05) is 4.90 Å². The Hall–Kier alpha value is -2.17. The number of aryl methyl sites for hydroxylation is 1. The van der Waals surface area contributed by atoms with Gasteiger partial charge in [-0.3, -0.25) is 4.79 Å². The number of nitrogens with zero attached hydrogens (tertiary/aromatic N) is 2. The smallest absolute Gasteiger partial charge is 0.233 e. The van der Waals surface area contributed by atoms with Gasteiger partial charge < -0.3 is 4.90 Å². The van der Waals surface area contributed by atoms with Crippen LogP contribution in [0.2, 0.25) is 5.02 Å². The molecule has 3 aromatic rings. The predicted molar refractivity (Wildman–Crippen MR) is 108 cm³/mol. The first kappa shape index (κ1) is 17.3. The van der Waals surface area contributed by atoms with Crippen LogP contribution in [0.3, 0.4) is 0 Å². The van der Waals surface area contributed by atoms with Gasteiger partial charge in [0.05, 0.1) is 17.1 Å². The lowest BCUT2D eigenvalue weighted by molar-refractivity contribution is -0.118. The van der Waals surface area contributed by atoms with Crippen molar-refractivity contribution in [3.05, 3.63) is 70.2 Å². The van der Waals surface area contributed by atoms with Crippen molar-refractivity contribution in [1.82, 2.24) is 4.98 Å². The summed E-state index contributed by atoms with van der Waals surface area (Å²) in [5.74, 6) is 0.0978. The first-order valence-corrected chi connectivity index (χ1v) is 9.98. The first-order chi connectivity index (χ1) is 12.6. The minimum absolute atomic E-state index is 0.0978. The zero-order chi connectivity index (χ0) is 18.1. The molecule has 3 nitrogen and oxygen atoms in total. The van der Waals surface area contributed by atoms with Crippen LogP contribution >= 0.6 is 22.9 Å². The van der Waals surface area contributed by atoms with Gasteiger partial charge in [-0.1, -0.05) is 48.0 Å². The van der Waals surface area contributed by atoms with Gasteiger partial charge in [-0.25, -0.2) is 4.98 Å². The van der Waals surface area contributed by atoms with E-state index in [1.165, 1.54) is 16.9 Å². The molecule has 2 aromatic carbocycles. The lowest BCUT2D eigenvalue weighted by Gasteiger charge is -2.35. The van der Waals surface area contributed by atoms with Crippen LogP contribution in [0.1, 0.15) is 24.6 Å². The van der Waals surface area contributed by atoms with E-state index in [1.807, 2.05) is 52.7 Å². The molecule has 0 unspecified atom stereocenters. The molecule has 0 aliphatic carbocycles. The van der Waals surface area contributed by atoms with E-state index in [-0.39, 0.29) is 11.9 Å². The molecule has 26 heavy (non-hydrogen) atoms. The molecule has 1 amide bonds.